The van der Waals surface area contributed by atoms with Gasteiger partial charge in [-0.05, 0) is 30.7 Å². The van der Waals surface area contributed by atoms with E-state index in [1.165, 1.54) is 4.68 Å². The number of halogens is 1. The van der Waals surface area contributed by atoms with Gasteiger partial charge in [-0.15, -0.1) is 0 Å². The third kappa shape index (κ3) is 3.37. The van der Waals surface area contributed by atoms with Gasteiger partial charge in [0.2, 0.25) is 0 Å². The van der Waals surface area contributed by atoms with Gasteiger partial charge in [0, 0.05) is 28.9 Å². The van der Waals surface area contributed by atoms with E-state index in [9.17, 15) is 4.79 Å². The van der Waals surface area contributed by atoms with Crippen molar-refractivity contribution < 1.29 is 0 Å². The molecule has 0 fully saturated rings. The zero-order chi connectivity index (χ0) is 16.2. The van der Waals surface area contributed by atoms with Crippen LogP contribution in [-0.2, 0) is 6.42 Å². The van der Waals surface area contributed by atoms with Gasteiger partial charge < -0.3 is 0 Å². The van der Waals surface area contributed by atoms with Gasteiger partial charge in [-0.2, -0.15) is 9.78 Å². The van der Waals surface area contributed by atoms with Crippen molar-refractivity contribution >= 4 is 33.0 Å². The van der Waals surface area contributed by atoms with E-state index in [1.807, 2.05) is 31.2 Å². The van der Waals surface area contributed by atoms with Crippen LogP contribution in [0.15, 0.2) is 57.1 Å². The van der Waals surface area contributed by atoms with Crippen LogP contribution >= 0.6 is 15.9 Å². The summed E-state index contributed by atoms with van der Waals surface area (Å²) in [5.74, 6) is 0.660. The van der Waals surface area contributed by atoms with Gasteiger partial charge in [-0.3, -0.25) is 9.78 Å². The first-order chi connectivity index (χ1) is 11.2. The summed E-state index contributed by atoms with van der Waals surface area (Å²) >= 11 is 3.39. The fraction of sp³-hybridized carbons (Fsp3) is 0.176. The normalized spacial score (nSPS) is 11.4. The fourth-order valence-corrected chi connectivity index (χ4v) is 2.64. The summed E-state index contributed by atoms with van der Waals surface area (Å²) in [6, 6.07) is 9.21. The Balaban J connectivity index is 2.17. The monoisotopic (exact) mass is 370 g/mol. The third-order valence-corrected chi connectivity index (χ3v) is 3.85. The van der Waals surface area contributed by atoms with Crippen molar-refractivity contribution in [1.29, 1.82) is 0 Å². The summed E-state index contributed by atoms with van der Waals surface area (Å²) in [5.41, 5.74) is 1.35. The Kier molecular flexibility index (Phi) is 4.62. The van der Waals surface area contributed by atoms with Crippen LogP contribution in [0.25, 0.3) is 10.9 Å². The van der Waals surface area contributed by atoms with E-state index in [1.54, 1.807) is 24.7 Å². The van der Waals surface area contributed by atoms with E-state index in [-0.39, 0.29) is 5.56 Å². The van der Waals surface area contributed by atoms with E-state index < -0.39 is 0 Å². The lowest BCUT2D eigenvalue weighted by Gasteiger charge is -2.08. The first-order valence-corrected chi connectivity index (χ1v) is 8.14. The number of aromatic nitrogens is 3. The van der Waals surface area contributed by atoms with Gasteiger partial charge in [-0.25, -0.2) is 4.98 Å². The van der Waals surface area contributed by atoms with E-state index >= 15 is 0 Å². The SMILES string of the molecule is CCCc1nc2ccc(Br)cc2c(=O)n1N=Cc1cccnc1. The molecule has 0 bridgehead atoms. The molecule has 0 N–H and O–H groups in total. The summed E-state index contributed by atoms with van der Waals surface area (Å²) in [7, 11) is 0. The Hall–Kier alpha value is -2.34. The topological polar surface area (TPSA) is 60.1 Å². The van der Waals surface area contributed by atoms with Gasteiger partial charge >= 0.3 is 0 Å². The predicted molar refractivity (Wildman–Crippen MR) is 94.9 cm³/mol. The number of rotatable bonds is 4. The van der Waals surface area contributed by atoms with E-state index in [2.05, 4.69) is 31.0 Å². The molecular weight excluding hydrogens is 356 g/mol. The summed E-state index contributed by atoms with van der Waals surface area (Å²) in [6.07, 6.45) is 6.59. The second-order valence-electron chi connectivity index (χ2n) is 5.09. The largest absolute Gasteiger partial charge is 0.282 e. The van der Waals surface area contributed by atoms with Crippen LogP contribution in [0.5, 0.6) is 0 Å². The van der Waals surface area contributed by atoms with Gasteiger partial charge in [0.1, 0.15) is 5.82 Å². The van der Waals surface area contributed by atoms with Crippen LogP contribution in [0.4, 0.5) is 0 Å². The van der Waals surface area contributed by atoms with Crippen molar-refractivity contribution in [1.82, 2.24) is 14.6 Å². The highest BCUT2D eigenvalue weighted by Gasteiger charge is 2.10. The van der Waals surface area contributed by atoms with Crippen molar-refractivity contribution in [2.75, 3.05) is 0 Å². The molecule has 6 heteroatoms. The van der Waals surface area contributed by atoms with Crippen molar-refractivity contribution in [2.45, 2.75) is 19.8 Å². The minimum Gasteiger partial charge on any atom is -0.267 e. The number of nitrogens with zero attached hydrogens (tertiary/aromatic N) is 4. The quantitative estimate of drug-likeness (QED) is 0.661. The summed E-state index contributed by atoms with van der Waals surface area (Å²) in [5, 5.41) is 4.88. The number of hydrogen-bond acceptors (Lipinski definition) is 4. The maximum absolute atomic E-state index is 12.8. The number of hydrogen-bond donors (Lipinski definition) is 0. The number of aryl methyl sites for hydroxylation is 1. The molecular formula is C17H15BrN4O. The Morgan fingerprint density at radius 1 is 1.35 bits per heavy atom. The standard InChI is InChI=1S/C17H15BrN4O/c1-2-4-16-21-15-7-6-13(18)9-14(15)17(23)22(16)20-11-12-5-3-8-19-10-12/h3,5-11H,2,4H2,1H3. The molecule has 5 nitrogen and oxygen atoms in total. The molecule has 23 heavy (non-hydrogen) atoms. The molecule has 0 aliphatic heterocycles. The van der Waals surface area contributed by atoms with Crippen molar-refractivity contribution in [3.05, 3.63) is 68.9 Å². The van der Waals surface area contributed by atoms with Gasteiger partial charge in [0.25, 0.3) is 5.56 Å². The lowest BCUT2D eigenvalue weighted by Crippen LogP contribution is -2.22. The molecule has 2 aromatic heterocycles. The minimum absolute atomic E-state index is 0.167. The van der Waals surface area contributed by atoms with E-state index in [4.69, 9.17) is 0 Å². The molecule has 0 spiro atoms. The molecule has 3 aromatic rings. The molecule has 0 aliphatic rings. The lowest BCUT2D eigenvalue weighted by atomic mass is 10.2. The van der Waals surface area contributed by atoms with Crippen LogP contribution in [-0.4, -0.2) is 20.9 Å². The number of pyridine rings is 1. The number of benzene rings is 1. The molecule has 0 amide bonds. The Morgan fingerprint density at radius 2 is 2.22 bits per heavy atom. The fourth-order valence-electron chi connectivity index (χ4n) is 2.28. The average Bonchev–Trinajstić information content (AvgIpc) is 2.56. The Bertz CT molecular complexity index is 919. The zero-order valence-electron chi connectivity index (χ0n) is 12.6. The summed E-state index contributed by atoms with van der Waals surface area (Å²) < 4.78 is 2.22. The molecule has 0 radical (unpaired) electrons. The minimum atomic E-state index is -0.167. The molecule has 0 saturated heterocycles. The van der Waals surface area contributed by atoms with Crippen LogP contribution in [0.3, 0.4) is 0 Å². The highest BCUT2D eigenvalue weighted by Crippen LogP contribution is 2.16. The van der Waals surface area contributed by atoms with Crippen LogP contribution in [0, 0.1) is 0 Å². The van der Waals surface area contributed by atoms with Crippen LogP contribution < -0.4 is 5.56 Å². The molecule has 0 saturated carbocycles. The van der Waals surface area contributed by atoms with Crippen molar-refractivity contribution in [3.63, 3.8) is 0 Å². The number of fused-ring (bicyclic) bond motifs is 1. The Labute approximate surface area is 141 Å². The Morgan fingerprint density at radius 3 is 2.96 bits per heavy atom. The molecule has 116 valence electrons. The predicted octanol–water partition coefficient (Wildman–Crippen LogP) is 3.39. The molecule has 0 unspecified atom stereocenters. The molecule has 3 rings (SSSR count). The highest BCUT2D eigenvalue weighted by atomic mass is 79.9. The molecule has 1 aromatic carbocycles. The summed E-state index contributed by atoms with van der Waals surface area (Å²) in [4.78, 5) is 21.4. The van der Waals surface area contributed by atoms with Crippen molar-refractivity contribution in [2.24, 2.45) is 5.10 Å². The second kappa shape index (κ2) is 6.83. The molecule has 2 heterocycles. The van der Waals surface area contributed by atoms with Crippen LogP contribution in [0.2, 0.25) is 0 Å². The van der Waals surface area contributed by atoms with Crippen LogP contribution in [0.1, 0.15) is 24.7 Å². The van der Waals surface area contributed by atoms with Crippen molar-refractivity contribution in [3.8, 4) is 0 Å². The van der Waals surface area contributed by atoms with Gasteiger partial charge in [0.15, 0.2) is 0 Å². The summed E-state index contributed by atoms with van der Waals surface area (Å²) in [6.45, 7) is 2.05. The van der Waals surface area contributed by atoms with E-state index in [0.717, 1.165) is 16.5 Å². The zero-order valence-corrected chi connectivity index (χ0v) is 14.2. The maximum Gasteiger partial charge on any atom is 0.282 e. The maximum atomic E-state index is 12.8. The smallest absolute Gasteiger partial charge is 0.267 e. The molecule has 0 atom stereocenters. The second-order valence-corrected chi connectivity index (χ2v) is 6.00. The van der Waals surface area contributed by atoms with Gasteiger partial charge in [0.05, 0.1) is 17.1 Å². The lowest BCUT2D eigenvalue weighted by molar-refractivity contribution is 0.703. The van der Waals surface area contributed by atoms with Gasteiger partial charge in [-0.1, -0.05) is 28.9 Å². The first-order valence-electron chi connectivity index (χ1n) is 7.34. The third-order valence-electron chi connectivity index (χ3n) is 3.36. The highest BCUT2D eigenvalue weighted by molar-refractivity contribution is 9.10. The average molecular weight is 371 g/mol. The first kappa shape index (κ1) is 15.6. The molecule has 0 aliphatic carbocycles. The van der Waals surface area contributed by atoms with E-state index in [0.29, 0.717) is 23.1 Å².